The first-order chi connectivity index (χ1) is 13.5. The lowest BCUT2D eigenvalue weighted by Crippen LogP contribution is -2.15. The number of anilines is 1. The van der Waals surface area contributed by atoms with Crippen LogP contribution < -0.4 is 5.32 Å². The van der Waals surface area contributed by atoms with Crippen LogP contribution in [0.15, 0.2) is 59.3 Å². The highest BCUT2D eigenvalue weighted by Crippen LogP contribution is 2.19. The number of benzene rings is 2. The Hall–Kier alpha value is -3.06. The topological polar surface area (TPSA) is 72.7 Å². The number of pyridine rings is 1. The van der Waals surface area contributed by atoms with Gasteiger partial charge in [-0.3, -0.25) is 15.1 Å². The third-order valence-electron chi connectivity index (χ3n) is 4.43. The molecule has 0 atom stereocenters. The summed E-state index contributed by atoms with van der Waals surface area (Å²) in [5.41, 5.74) is 4.27. The molecule has 1 N–H and O–H groups in total. The van der Waals surface area contributed by atoms with Crippen LogP contribution in [-0.4, -0.2) is 25.7 Å². The van der Waals surface area contributed by atoms with E-state index in [0.717, 1.165) is 26.5 Å². The Bertz CT molecular complexity index is 1170. The van der Waals surface area contributed by atoms with E-state index in [9.17, 15) is 4.79 Å². The fourth-order valence-electron chi connectivity index (χ4n) is 3.00. The number of nitrogens with zero attached hydrogens (tertiary/aromatic N) is 4. The first kappa shape index (κ1) is 18.3. The van der Waals surface area contributed by atoms with E-state index in [-0.39, 0.29) is 11.9 Å². The van der Waals surface area contributed by atoms with Gasteiger partial charge in [0.25, 0.3) is 5.91 Å². The largest absolute Gasteiger partial charge is 0.289 e. The van der Waals surface area contributed by atoms with Gasteiger partial charge in [0, 0.05) is 9.86 Å². The lowest BCUT2D eigenvalue weighted by atomic mass is 10.1. The molecule has 4 aromatic rings. The van der Waals surface area contributed by atoms with Crippen LogP contribution in [0, 0.1) is 13.8 Å². The number of aromatic nitrogens is 4. The van der Waals surface area contributed by atoms with Crippen molar-refractivity contribution in [3.8, 4) is 0 Å². The minimum absolute atomic E-state index is 0.269. The third-order valence-corrected chi connectivity index (χ3v) is 4.95. The molecule has 0 bridgehead atoms. The molecule has 28 heavy (non-hydrogen) atoms. The summed E-state index contributed by atoms with van der Waals surface area (Å²) in [5.74, 6) is 0.000601. The Labute approximate surface area is 170 Å². The molecule has 2 heterocycles. The second-order valence-electron chi connectivity index (χ2n) is 6.66. The Kier molecular flexibility index (Phi) is 4.92. The molecule has 4 rings (SSSR count). The van der Waals surface area contributed by atoms with Crippen LogP contribution in [0.1, 0.15) is 27.2 Å². The van der Waals surface area contributed by atoms with Gasteiger partial charge in [-0.25, -0.2) is 9.67 Å². The number of fused-ring (bicyclic) bond motifs is 1. The molecule has 7 heteroatoms. The second-order valence-corrected chi connectivity index (χ2v) is 7.58. The molecule has 0 unspecified atom stereocenters. The fourth-order valence-corrected chi connectivity index (χ4v) is 3.26. The van der Waals surface area contributed by atoms with Crippen molar-refractivity contribution in [2.75, 3.05) is 5.32 Å². The standard InChI is InChI=1S/C21H18BrN5O/c1-13-3-8-19-16(9-13)10-18(14(2)24-19)20(28)25-21-23-12-27(26-21)11-15-4-6-17(22)7-5-15/h3-10,12H,11H2,1-2H3,(H,25,26,28). The average Bonchev–Trinajstić information content (AvgIpc) is 3.10. The van der Waals surface area contributed by atoms with Gasteiger partial charge < -0.3 is 0 Å². The summed E-state index contributed by atoms with van der Waals surface area (Å²) in [7, 11) is 0. The van der Waals surface area contributed by atoms with Gasteiger partial charge in [0.1, 0.15) is 6.33 Å². The van der Waals surface area contributed by atoms with E-state index in [0.29, 0.717) is 17.8 Å². The van der Waals surface area contributed by atoms with Crippen LogP contribution in [-0.2, 0) is 6.54 Å². The van der Waals surface area contributed by atoms with Gasteiger partial charge in [-0.05, 0) is 49.7 Å². The van der Waals surface area contributed by atoms with E-state index in [2.05, 4.69) is 36.3 Å². The number of carbonyl (C=O) groups excluding carboxylic acids is 1. The summed E-state index contributed by atoms with van der Waals surface area (Å²) in [6.07, 6.45) is 1.60. The van der Waals surface area contributed by atoms with E-state index >= 15 is 0 Å². The molecule has 0 aliphatic heterocycles. The summed E-state index contributed by atoms with van der Waals surface area (Å²) < 4.78 is 2.71. The maximum Gasteiger partial charge on any atom is 0.259 e. The number of carbonyl (C=O) groups is 1. The molecular formula is C21H18BrN5O. The number of halogens is 1. The van der Waals surface area contributed by atoms with Crippen LogP contribution in [0.5, 0.6) is 0 Å². The number of aryl methyl sites for hydroxylation is 2. The minimum atomic E-state index is -0.269. The molecule has 140 valence electrons. The highest BCUT2D eigenvalue weighted by atomic mass is 79.9. The van der Waals surface area contributed by atoms with Crippen molar-refractivity contribution in [3.63, 3.8) is 0 Å². The Balaban J connectivity index is 1.52. The predicted octanol–water partition coefficient (Wildman–Crippen LogP) is 4.51. The third kappa shape index (κ3) is 3.94. The van der Waals surface area contributed by atoms with Crippen molar-refractivity contribution in [3.05, 3.63) is 81.7 Å². The number of hydrogen-bond acceptors (Lipinski definition) is 4. The van der Waals surface area contributed by atoms with E-state index in [1.807, 2.05) is 62.4 Å². The van der Waals surface area contributed by atoms with Crippen LogP contribution in [0.3, 0.4) is 0 Å². The first-order valence-electron chi connectivity index (χ1n) is 8.81. The smallest absolute Gasteiger partial charge is 0.259 e. The highest BCUT2D eigenvalue weighted by molar-refractivity contribution is 9.10. The van der Waals surface area contributed by atoms with Crippen LogP contribution in [0.4, 0.5) is 5.95 Å². The lowest BCUT2D eigenvalue weighted by Gasteiger charge is -2.07. The molecule has 1 amide bonds. The highest BCUT2D eigenvalue weighted by Gasteiger charge is 2.14. The lowest BCUT2D eigenvalue weighted by molar-refractivity contribution is 0.102. The van der Waals surface area contributed by atoms with Gasteiger partial charge in [0.05, 0.1) is 23.3 Å². The van der Waals surface area contributed by atoms with Crippen LogP contribution in [0.2, 0.25) is 0 Å². The molecule has 0 saturated carbocycles. The van der Waals surface area contributed by atoms with Crippen molar-refractivity contribution in [2.24, 2.45) is 0 Å². The molecule has 0 fully saturated rings. The summed E-state index contributed by atoms with van der Waals surface area (Å²) in [5, 5.41) is 8.04. The summed E-state index contributed by atoms with van der Waals surface area (Å²) in [4.78, 5) is 21.5. The molecule has 0 spiro atoms. The number of rotatable bonds is 4. The Morgan fingerprint density at radius 3 is 2.68 bits per heavy atom. The monoisotopic (exact) mass is 435 g/mol. The maximum absolute atomic E-state index is 12.7. The van der Waals surface area contributed by atoms with E-state index in [4.69, 9.17) is 0 Å². The van der Waals surface area contributed by atoms with Gasteiger partial charge in [0.2, 0.25) is 5.95 Å². The molecular weight excluding hydrogens is 418 g/mol. The number of hydrogen-bond donors (Lipinski definition) is 1. The van der Waals surface area contributed by atoms with Gasteiger partial charge in [-0.2, -0.15) is 0 Å². The van der Waals surface area contributed by atoms with Crippen molar-refractivity contribution < 1.29 is 4.79 Å². The van der Waals surface area contributed by atoms with Gasteiger partial charge >= 0.3 is 0 Å². The molecule has 0 aliphatic carbocycles. The van der Waals surface area contributed by atoms with Crippen LogP contribution >= 0.6 is 15.9 Å². The summed E-state index contributed by atoms with van der Waals surface area (Å²) >= 11 is 3.42. The normalized spacial score (nSPS) is 11.0. The second kappa shape index (κ2) is 7.52. The maximum atomic E-state index is 12.7. The Morgan fingerprint density at radius 2 is 1.89 bits per heavy atom. The van der Waals surface area contributed by atoms with E-state index in [1.165, 1.54) is 0 Å². The van der Waals surface area contributed by atoms with Crippen molar-refractivity contribution in [1.82, 2.24) is 19.7 Å². The van der Waals surface area contributed by atoms with Crippen LogP contribution in [0.25, 0.3) is 10.9 Å². The zero-order valence-corrected chi connectivity index (χ0v) is 17.1. The zero-order chi connectivity index (χ0) is 19.7. The van der Waals surface area contributed by atoms with E-state index < -0.39 is 0 Å². The zero-order valence-electron chi connectivity index (χ0n) is 15.5. The summed E-state index contributed by atoms with van der Waals surface area (Å²) in [6, 6.07) is 15.8. The van der Waals surface area contributed by atoms with E-state index in [1.54, 1.807) is 11.0 Å². The van der Waals surface area contributed by atoms with Crippen molar-refractivity contribution in [2.45, 2.75) is 20.4 Å². The number of nitrogens with one attached hydrogen (secondary N) is 1. The Morgan fingerprint density at radius 1 is 1.11 bits per heavy atom. The predicted molar refractivity (Wildman–Crippen MR) is 112 cm³/mol. The van der Waals surface area contributed by atoms with Gasteiger partial charge in [-0.15, -0.1) is 5.10 Å². The molecule has 0 aliphatic rings. The molecule has 6 nitrogen and oxygen atoms in total. The summed E-state index contributed by atoms with van der Waals surface area (Å²) in [6.45, 7) is 4.42. The molecule has 2 aromatic carbocycles. The average molecular weight is 436 g/mol. The molecule has 2 aromatic heterocycles. The van der Waals surface area contributed by atoms with Gasteiger partial charge in [0.15, 0.2) is 0 Å². The minimum Gasteiger partial charge on any atom is -0.289 e. The molecule has 0 radical (unpaired) electrons. The SMILES string of the molecule is Cc1ccc2nc(C)c(C(=O)Nc3ncn(Cc4ccc(Br)cc4)n3)cc2c1. The van der Waals surface area contributed by atoms with Crippen molar-refractivity contribution in [1.29, 1.82) is 0 Å². The number of amides is 1. The van der Waals surface area contributed by atoms with Gasteiger partial charge in [-0.1, -0.05) is 39.7 Å². The quantitative estimate of drug-likeness (QED) is 0.511. The molecule has 0 saturated heterocycles. The first-order valence-corrected chi connectivity index (χ1v) is 9.60. The van der Waals surface area contributed by atoms with Crippen molar-refractivity contribution >= 4 is 38.7 Å². The fraction of sp³-hybridized carbons (Fsp3) is 0.143.